The summed E-state index contributed by atoms with van der Waals surface area (Å²) in [6.45, 7) is 13.0. The van der Waals surface area contributed by atoms with Crippen molar-refractivity contribution in [2.45, 2.75) is 64.6 Å². The van der Waals surface area contributed by atoms with Crippen molar-refractivity contribution >= 4 is 6.09 Å². The van der Waals surface area contributed by atoms with E-state index in [0.29, 0.717) is 12.1 Å². The molecule has 0 aromatic heterocycles. The number of ether oxygens (including phenoxy) is 1. The summed E-state index contributed by atoms with van der Waals surface area (Å²) in [5.41, 5.74) is -0.403. The second-order valence-electron chi connectivity index (χ2n) is 7.20. The minimum atomic E-state index is -0.403. The summed E-state index contributed by atoms with van der Waals surface area (Å²) >= 11 is 0. The van der Waals surface area contributed by atoms with Crippen LogP contribution in [0.4, 0.5) is 4.79 Å². The first kappa shape index (κ1) is 16.6. The van der Waals surface area contributed by atoms with Crippen LogP contribution in [0.5, 0.6) is 0 Å². The molecule has 2 aliphatic heterocycles. The number of rotatable bonds is 2. The summed E-state index contributed by atoms with van der Waals surface area (Å²) < 4.78 is 5.46. The number of hydrogen-bond acceptors (Lipinski definition) is 4. The minimum Gasteiger partial charge on any atom is -0.444 e. The average Bonchev–Trinajstić information content (AvgIpc) is 2.45. The molecule has 2 saturated heterocycles. The molecule has 1 atom stereocenters. The first-order valence-corrected chi connectivity index (χ1v) is 8.35. The third kappa shape index (κ3) is 4.58. The number of likely N-dealkylation sites (tertiary alicyclic amines) is 1. The Balaban J connectivity index is 1.83. The number of nitrogens with one attached hydrogen (secondary N) is 1. The van der Waals surface area contributed by atoms with Gasteiger partial charge in [-0.25, -0.2) is 4.79 Å². The van der Waals surface area contributed by atoms with Crippen LogP contribution in [0.2, 0.25) is 0 Å². The maximum Gasteiger partial charge on any atom is 0.410 e. The highest BCUT2D eigenvalue weighted by Gasteiger charge is 2.32. The van der Waals surface area contributed by atoms with Crippen LogP contribution in [-0.4, -0.2) is 66.3 Å². The zero-order chi connectivity index (χ0) is 15.5. The Morgan fingerprint density at radius 3 is 2.48 bits per heavy atom. The van der Waals surface area contributed by atoms with Gasteiger partial charge in [0.1, 0.15) is 5.60 Å². The topological polar surface area (TPSA) is 44.8 Å². The van der Waals surface area contributed by atoms with Crippen molar-refractivity contribution in [3.63, 3.8) is 0 Å². The number of amides is 1. The van der Waals surface area contributed by atoms with E-state index < -0.39 is 5.60 Å². The van der Waals surface area contributed by atoms with Gasteiger partial charge in [0.15, 0.2) is 0 Å². The Hall–Kier alpha value is -0.810. The highest BCUT2D eigenvalue weighted by molar-refractivity contribution is 5.68. The van der Waals surface area contributed by atoms with Crippen molar-refractivity contribution in [3.05, 3.63) is 0 Å². The van der Waals surface area contributed by atoms with Gasteiger partial charge in [0.05, 0.1) is 0 Å². The number of piperidine rings is 1. The third-order valence-electron chi connectivity index (χ3n) is 4.45. The van der Waals surface area contributed by atoms with Crippen molar-refractivity contribution in [1.29, 1.82) is 0 Å². The van der Waals surface area contributed by atoms with Crippen LogP contribution in [-0.2, 0) is 4.74 Å². The summed E-state index contributed by atoms with van der Waals surface area (Å²) in [6.07, 6.45) is 3.17. The smallest absolute Gasteiger partial charge is 0.410 e. The van der Waals surface area contributed by atoms with Crippen molar-refractivity contribution in [1.82, 2.24) is 15.1 Å². The lowest BCUT2D eigenvalue weighted by Gasteiger charge is -2.44. The van der Waals surface area contributed by atoms with E-state index in [2.05, 4.69) is 17.1 Å². The van der Waals surface area contributed by atoms with Crippen LogP contribution in [0.15, 0.2) is 0 Å². The van der Waals surface area contributed by atoms with Crippen molar-refractivity contribution in [2.24, 2.45) is 0 Å². The van der Waals surface area contributed by atoms with Crippen LogP contribution in [0.1, 0.15) is 47.0 Å². The molecule has 0 spiro atoms. The molecule has 1 amide bonds. The predicted octanol–water partition coefficient (Wildman–Crippen LogP) is 2.07. The minimum absolute atomic E-state index is 0.159. The van der Waals surface area contributed by atoms with Gasteiger partial charge >= 0.3 is 6.09 Å². The average molecular weight is 297 g/mol. The van der Waals surface area contributed by atoms with Crippen molar-refractivity contribution < 1.29 is 9.53 Å². The van der Waals surface area contributed by atoms with Crippen molar-refractivity contribution in [3.8, 4) is 0 Å². The molecule has 122 valence electrons. The lowest BCUT2D eigenvalue weighted by molar-refractivity contribution is 0.00832. The fraction of sp³-hybridized carbons (Fsp3) is 0.938. The summed E-state index contributed by atoms with van der Waals surface area (Å²) in [5.74, 6) is 0. The summed E-state index contributed by atoms with van der Waals surface area (Å²) in [6, 6.07) is 1.27. The van der Waals surface area contributed by atoms with Crippen LogP contribution in [0, 0.1) is 0 Å². The maximum atomic E-state index is 12.1. The van der Waals surface area contributed by atoms with Gasteiger partial charge in [-0.05, 0) is 40.0 Å². The standard InChI is InChI=1S/C16H31N3O2/c1-5-13-12-17-8-11-19(13)14-6-9-18(10-7-14)15(20)21-16(2,3)4/h13-14,17H,5-12H2,1-4H3. The lowest BCUT2D eigenvalue weighted by atomic mass is 9.99. The maximum absolute atomic E-state index is 12.1. The number of hydrogen-bond donors (Lipinski definition) is 1. The normalized spacial score (nSPS) is 25.9. The molecule has 1 N–H and O–H groups in total. The van der Waals surface area contributed by atoms with Gasteiger partial charge in [0, 0.05) is 44.8 Å². The van der Waals surface area contributed by atoms with Crippen LogP contribution in [0.25, 0.3) is 0 Å². The number of carbonyl (C=O) groups is 1. The van der Waals surface area contributed by atoms with Gasteiger partial charge < -0.3 is 15.0 Å². The Morgan fingerprint density at radius 1 is 1.24 bits per heavy atom. The highest BCUT2D eigenvalue weighted by atomic mass is 16.6. The van der Waals surface area contributed by atoms with Gasteiger partial charge in [-0.2, -0.15) is 0 Å². The molecule has 0 bridgehead atoms. The Bertz CT molecular complexity index is 346. The first-order valence-electron chi connectivity index (χ1n) is 8.35. The molecule has 2 rings (SSSR count). The van der Waals surface area contributed by atoms with E-state index in [1.54, 1.807) is 0 Å². The first-order chi connectivity index (χ1) is 9.90. The van der Waals surface area contributed by atoms with Gasteiger partial charge in [-0.3, -0.25) is 4.90 Å². The SMILES string of the molecule is CCC1CNCCN1C1CCN(C(=O)OC(C)(C)C)CC1. The summed E-state index contributed by atoms with van der Waals surface area (Å²) in [4.78, 5) is 16.6. The molecule has 2 heterocycles. The monoisotopic (exact) mass is 297 g/mol. The number of nitrogens with zero attached hydrogens (tertiary/aromatic N) is 2. The molecule has 1 unspecified atom stereocenters. The molecular weight excluding hydrogens is 266 g/mol. The molecule has 5 nitrogen and oxygen atoms in total. The Kier molecular flexibility index (Phi) is 5.49. The molecule has 0 radical (unpaired) electrons. The molecule has 2 fully saturated rings. The van der Waals surface area contributed by atoms with Crippen LogP contribution in [0.3, 0.4) is 0 Å². The highest BCUT2D eigenvalue weighted by Crippen LogP contribution is 2.22. The molecule has 0 aromatic rings. The Morgan fingerprint density at radius 2 is 1.90 bits per heavy atom. The summed E-state index contributed by atoms with van der Waals surface area (Å²) in [5, 5.41) is 3.48. The van der Waals surface area contributed by atoms with Gasteiger partial charge in [0.25, 0.3) is 0 Å². The number of piperazine rings is 1. The van der Waals surface area contributed by atoms with E-state index in [4.69, 9.17) is 4.74 Å². The van der Waals surface area contributed by atoms with Gasteiger partial charge in [-0.1, -0.05) is 6.92 Å². The van der Waals surface area contributed by atoms with Crippen molar-refractivity contribution in [2.75, 3.05) is 32.7 Å². The molecule has 5 heteroatoms. The van der Waals surface area contributed by atoms with E-state index >= 15 is 0 Å². The third-order valence-corrected chi connectivity index (χ3v) is 4.45. The molecular formula is C16H31N3O2. The zero-order valence-corrected chi connectivity index (χ0v) is 14.0. The molecule has 2 aliphatic rings. The quantitative estimate of drug-likeness (QED) is 0.847. The van der Waals surface area contributed by atoms with Gasteiger partial charge in [-0.15, -0.1) is 0 Å². The van der Waals surface area contributed by atoms with Crippen LogP contribution >= 0.6 is 0 Å². The lowest BCUT2D eigenvalue weighted by Crippen LogP contribution is -2.57. The molecule has 0 aliphatic carbocycles. The van der Waals surface area contributed by atoms with E-state index in [9.17, 15) is 4.79 Å². The zero-order valence-electron chi connectivity index (χ0n) is 14.0. The van der Waals surface area contributed by atoms with E-state index in [1.807, 2.05) is 25.7 Å². The fourth-order valence-electron chi connectivity index (χ4n) is 3.34. The Labute approximate surface area is 129 Å². The van der Waals surface area contributed by atoms with E-state index in [-0.39, 0.29) is 6.09 Å². The largest absolute Gasteiger partial charge is 0.444 e. The summed E-state index contributed by atoms with van der Waals surface area (Å²) in [7, 11) is 0. The second kappa shape index (κ2) is 6.97. The molecule has 0 aromatic carbocycles. The molecule has 21 heavy (non-hydrogen) atoms. The number of carbonyl (C=O) groups excluding carboxylic acids is 1. The van der Waals surface area contributed by atoms with E-state index in [0.717, 1.165) is 45.6 Å². The second-order valence-corrected chi connectivity index (χ2v) is 7.20. The van der Waals surface area contributed by atoms with E-state index in [1.165, 1.54) is 6.42 Å². The molecule has 0 saturated carbocycles. The fourth-order valence-corrected chi connectivity index (χ4v) is 3.34. The van der Waals surface area contributed by atoms with Crippen LogP contribution < -0.4 is 5.32 Å². The van der Waals surface area contributed by atoms with Gasteiger partial charge in [0.2, 0.25) is 0 Å². The predicted molar refractivity (Wildman–Crippen MR) is 84.5 cm³/mol.